The number of ether oxygens (including phenoxy) is 1. The largest absolute Gasteiger partial charge is 0.467 e. The summed E-state index contributed by atoms with van der Waals surface area (Å²) in [5.74, 6) is -0.873. The second-order valence-electron chi connectivity index (χ2n) is 3.53. The van der Waals surface area contributed by atoms with Gasteiger partial charge in [-0.2, -0.15) is 0 Å². The van der Waals surface area contributed by atoms with E-state index in [1.807, 2.05) is 0 Å². The Morgan fingerprint density at radius 3 is 2.56 bits per heavy atom. The zero-order chi connectivity index (χ0) is 12.3. The first-order valence-corrected chi connectivity index (χ1v) is 4.77. The average molecular weight is 225 g/mol. The molecule has 0 fully saturated rings. The highest BCUT2D eigenvalue weighted by molar-refractivity contribution is 5.75. The summed E-state index contributed by atoms with van der Waals surface area (Å²) in [5, 5.41) is 19.2. The molecule has 0 aliphatic rings. The number of anilines is 1. The average Bonchev–Trinajstić information content (AvgIpc) is 2.29. The topological polar surface area (TPSA) is 92.8 Å². The zero-order valence-corrected chi connectivity index (χ0v) is 9.18. The Balaban J connectivity index is 2.91. The van der Waals surface area contributed by atoms with Gasteiger partial charge in [-0.3, -0.25) is 0 Å². The van der Waals surface area contributed by atoms with Crippen molar-refractivity contribution in [2.45, 2.75) is 19.1 Å². The van der Waals surface area contributed by atoms with E-state index in [-0.39, 0.29) is 0 Å². The Labute approximate surface area is 93.5 Å². The minimum Gasteiger partial charge on any atom is -0.467 e. The van der Waals surface area contributed by atoms with Gasteiger partial charge < -0.3 is 20.7 Å². The molecule has 0 amide bonds. The van der Waals surface area contributed by atoms with Crippen LogP contribution >= 0.6 is 0 Å². The normalized spacial score (nSPS) is 14.2. The van der Waals surface area contributed by atoms with Crippen molar-refractivity contribution in [1.29, 1.82) is 0 Å². The number of esters is 1. The number of nitrogens with two attached hydrogens (primary N) is 1. The predicted molar refractivity (Wildman–Crippen MR) is 58.6 cm³/mol. The van der Waals surface area contributed by atoms with Gasteiger partial charge in [-0.1, -0.05) is 12.1 Å². The second-order valence-corrected chi connectivity index (χ2v) is 3.53. The van der Waals surface area contributed by atoms with E-state index in [0.29, 0.717) is 11.3 Å². The number of hydrogen-bond donors (Lipinski definition) is 3. The van der Waals surface area contributed by atoms with Crippen LogP contribution in [0.25, 0.3) is 0 Å². The van der Waals surface area contributed by atoms with Gasteiger partial charge in [0.25, 0.3) is 0 Å². The van der Waals surface area contributed by atoms with Crippen LogP contribution in [0, 0.1) is 6.92 Å². The van der Waals surface area contributed by atoms with Crippen molar-refractivity contribution in [3.8, 4) is 0 Å². The van der Waals surface area contributed by atoms with Crippen LogP contribution in [0.4, 0.5) is 5.69 Å². The number of aliphatic hydroxyl groups excluding tert-OH is 2. The summed E-state index contributed by atoms with van der Waals surface area (Å²) in [5.41, 5.74) is 7.39. The van der Waals surface area contributed by atoms with Gasteiger partial charge in [0.2, 0.25) is 0 Å². The molecule has 5 nitrogen and oxygen atoms in total. The van der Waals surface area contributed by atoms with Gasteiger partial charge in [0.15, 0.2) is 6.10 Å². The highest BCUT2D eigenvalue weighted by Gasteiger charge is 2.26. The summed E-state index contributed by atoms with van der Waals surface area (Å²) < 4.78 is 4.33. The SMILES string of the molecule is COC(=O)C(O)C(O)c1ccc(N)c(C)c1. The number of rotatable bonds is 3. The standard InChI is InChI=1S/C11H15NO4/c1-6-5-7(3-4-8(6)12)9(13)10(14)11(15)16-2/h3-5,9-10,13-14H,12H2,1-2H3. The lowest BCUT2D eigenvalue weighted by Crippen LogP contribution is -2.29. The second kappa shape index (κ2) is 4.96. The summed E-state index contributed by atoms with van der Waals surface area (Å²) in [6.45, 7) is 1.77. The number of aryl methyl sites for hydroxylation is 1. The molecule has 0 radical (unpaired) electrons. The number of nitrogen functional groups attached to an aromatic ring is 1. The first-order valence-electron chi connectivity index (χ1n) is 4.77. The third-order valence-electron chi connectivity index (χ3n) is 2.38. The Morgan fingerprint density at radius 1 is 1.44 bits per heavy atom. The Kier molecular flexibility index (Phi) is 3.87. The van der Waals surface area contributed by atoms with Crippen molar-refractivity contribution < 1.29 is 19.7 Å². The number of methoxy groups -OCH3 is 1. The molecule has 5 heteroatoms. The maximum atomic E-state index is 11.0. The molecule has 1 aromatic rings. The molecule has 4 N–H and O–H groups in total. The molecule has 0 saturated carbocycles. The number of benzene rings is 1. The molecule has 0 aliphatic carbocycles. The van der Waals surface area contributed by atoms with E-state index in [1.54, 1.807) is 25.1 Å². The van der Waals surface area contributed by atoms with Crippen molar-refractivity contribution in [2.24, 2.45) is 0 Å². The molecule has 2 atom stereocenters. The summed E-state index contributed by atoms with van der Waals surface area (Å²) in [6, 6.07) is 4.78. The molecule has 0 bridgehead atoms. The highest BCUT2D eigenvalue weighted by atomic mass is 16.5. The molecule has 0 spiro atoms. The van der Waals surface area contributed by atoms with Crippen LogP contribution in [-0.2, 0) is 9.53 Å². The molecule has 1 rings (SSSR count). The van der Waals surface area contributed by atoms with Crippen LogP contribution in [0.3, 0.4) is 0 Å². The van der Waals surface area contributed by atoms with Crippen LogP contribution in [0.2, 0.25) is 0 Å². The van der Waals surface area contributed by atoms with Crippen molar-refractivity contribution >= 4 is 11.7 Å². The lowest BCUT2D eigenvalue weighted by Gasteiger charge is -2.16. The zero-order valence-electron chi connectivity index (χ0n) is 9.18. The number of carbonyl (C=O) groups excluding carboxylic acids is 1. The molecule has 0 aromatic heterocycles. The molecule has 0 heterocycles. The van der Waals surface area contributed by atoms with E-state index in [4.69, 9.17) is 5.73 Å². The molecule has 2 unspecified atom stereocenters. The monoisotopic (exact) mass is 225 g/mol. The van der Waals surface area contributed by atoms with Gasteiger partial charge in [0.05, 0.1) is 7.11 Å². The van der Waals surface area contributed by atoms with E-state index in [1.165, 1.54) is 0 Å². The maximum Gasteiger partial charge on any atom is 0.337 e. The highest BCUT2D eigenvalue weighted by Crippen LogP contribution is 2.21. The Hall–Kier alpha value is -1.59. The van der Waals surface area contributed by atoms with Crippen LogP contribution in [0.1, 0.15) is 17.2 Å². The predicted octanol–water partition coefficient (Wildman–Crippen LogP) is 0.145. The molecular formula is C11H15NO4. The fourth-order valence-electron chi connectivity index (χ4n) is 1.31. The van der Waals surface area contributed by atoms with Crippen molar-refractivity contribution in [3.05, 3.63) is 29.3 Å². The van der Waals surface area contributed by atoms with E-state index < -0.39 is 18.2 Å². The molecular weight excluding hydrogens is 210 g/mol. The molecule has 16 heavy (non-hydrogen) atoms. The van der Waals surface area contributed by atoms with Crippen molar-refractivity contribution in [3.63, 3.8) is 0 Å². The van der Waals surface area contributed by atoms with Crippen LogP contribution in [0.5, 0.6) is 0 Å². The molecule has 0 aliphatic heterocycles. The van der Waals surface area contributed by atoms with Crippen LogP contribution in [-0.4, -0.2) is 29.4 Å². The number of aliphatic hydroxyl groups is 2. The van der Waals surface area contributed by atoms with Gasteiger partial charge in [-0.15, -0.1) is 0 Å². The van der Waals surface area contributed by atoms with Crippen molar-refractivity contribution in [1.82, 2.24) is 0 Å². The first kappa shape index (κ1) is 12.5. The number of carbonyl (C=O) groups is 1. The summed E-state index contributed by atoms with van der Waals surface area (Å²) in [6.07, 6.45) is -2.90. The van der Waals surface area contributed by atoms with Gasteiger partial charge in [-0.05, 0) is 24.1 Å². The maximum absolute atomic E-state index is 11.0. The van der Waals surface area contributed by atoms with E-state index in [9.17, 15) is 15.0 Å². The molecule has 0 saturated heterocycles. The van der Waals surface area contributed by atoms with E-state index >= 15 is 0 Å². The van der Waals surface area contributed by atoms with Gasteiger partial charge in [0, 0.05) is 5.69 Å². The molecule has 1 aromatic carbocycles. The third kappa shape index (κ3) is 2.50. The van der Waals surface area contributed by atoms with E-state index in [0.717, 1.165) is 12.7 Å². The smallest absolute Gasteiger partial charge is 0.337 e. The third-order valence-corrected chi connectivity index (χ3v) is 2.38. The molecule has 88 valence electrons. The van der Waals surface area contributed by atoms with Gasteiger partial charge >= 0.3 is 5.97 Å². The van der Waals surface area contributed by atoms with E-state index in [2.05, 4.69) is 4.74 Å². The lowest BCUT2D eigenvalue weighted by atomic mass is 10.0. The minimum absolute atomic E-state index is 0.421. The van der Waals surface area contributed by atoms with Gasteiger partial charge in [-0.25, -0.2) is 4.79 Å². The number of hydrogen-bond acceptors (Lipinski definition) is 5. The summed E-state index contributed by atoms with van der Waals surface area (Å²) in [7, 11) is 1.15. The fourth-order valence-corrected chi connectivity index (χ4v) is 1.31. The van der Waals surface area contributed by atoms with Crippen molar-refractivity contribution in [2.75, 3.05) is 12.8 Å². The van der Waals surface area contributed by atoms with Crippen LogP contribution < -0.4 is 5.73 Å². The Morgan fingerprint density at radius 2 is 2.06 bits per heavy atom. The lowest BCUT2D eigenvalue weighted by molar-refractivity contribution is -0.156. The fraction of sp³-hybridized carbons (Fsp3) is 0.364. The minimum atomic E-state index is -1.59. The first-order chi connectivity index (χ1) is 7.47. The van der Waals surface area contributed by atoms with Crippen LogP contribution in [0.15, 0.2) is 18.2 Å². The Bertz CT molecular complexity index is 392. The quantitative estimate of drug-likeness (QED) is 0.503. The van der Waals surface area contributed by atoms with Gasteiger partial charge in [0.1, 0.15) is 6.10 Å². The summed E-state index contributed by atoms with van der Waals surface area (Å²) in [4.78, 5) is 11.0. The summed E-state index contributed by atoms with van der Waals surface area (Å²) >= 11 is 0.